The summed E-state index contributed by atoms with van der Waals surface area (Å²) in [5.74, 6) is -0.0907. The van der Waals surface area contributed by atoms with E-state index >= 15 is 0 Å². The predicted molar refractivity (Wildman–Crippen MR) is 145 cm³/mol. The van der Waals surface area contributed by atoms with Gasteiger partial charge in [0.25, 0.3) is 11.5 Å². The van der Waals surface area contributed by atoms with Gasteiger partial charge in [0.15, 0.2) is 0 Å². The molecule has 1 N–H and O–H groups in total. The molecule has 1 aliphatic heterocycles. The molecular formula is C30H34N4O2. The van der Waals surface area contributed by atoms with Crippen molar-refractivity contribution in [3.8, 4) is 0 Å². The van der Waals surface area contributed by atoms with Gasteiger partial charge < -0.3 is 14.5 Å². The van der Waals surface area contributed by atoms with Gasteiger partial charge in [0.1, 0.15) is 5.52 Å². The Hall–Kier alpha value is -3.38. The largest absolute Gasteiger partial charge is 0.352 e. The van der Waals surface area contributed by atoms with E-state index in [0.717, 1.165) is 74.4 Å². The summed E-state index contributed by atoms with van der Waals surface area (Å²) in [5.41, 5.74) is 5.10. The second-order valence-electron chi connectivity index (χ2n) is 10.4. The number of benzene rings is 2. The van der Waals surface area contributed by atoms with Gasteiger partial charge in [-0.15, -0.1) is 0 Å². The van der Waals surface area contributed by atoms with Gasteiger partial charge >= 0.3 is 0 Å². The summed E-state index contributed by atoms with van der Waals surface area (Å²) in [7, 11) is 1.93. The van der Waals surface area contributed by atoms with Crippen LogP contribution in [0.3, 0.4) is 0 Å². The van der Waals surface area contributed by atoms with Crippen LogP contribution < -0.4 is 10.9 Å². The number of fused-ring (bicyclic) bond motifs is 4. The van der Waals surface area contributed by atoms with Gasteiger partial charge in [0.2, 0.25) is 0 Å². The zero-order chi connectivity index (χ0) is 24.6. The lowest BCUT2D eigenvalue weighted by atomic mass is 10.00. The molecule has 0 unspecified atom stereocenters. The lowest BCUT2D eigenvalue weighted by Crippen LogP contribution is -2.34. The molecule has 3 heterocycles. The summed E-state index contributed by atoms with van der Waals surface area (Å²) in [6, 6.07) is 16.8. The van der Waals surface area contributed by atoms with Crippen LogP contribution in [-0.2, 0) is 20.0 Å². The van der Waals surface area contributed by atoms with Gasteiger partial charge in [0.05, 0.1) is 5.56 Å². The maximum atomic E-state index is 13.6. The van der Waals surface area contributed by atoms with E-state index in [4.69, 9.17) is 0 Å². The molecule has 0 atom stereocenters. The zero-order valence-corrected chi connectivity index (χ0v) is 21.0. The Labute approximate surface area is 211 Å². The van der Waals surface area contributed by atoms with Gasteiger partial charge in [-0.3, -0.25) is 14.5 Å². The van der Waals surface area contributed by atoms with E-state index in [1.54, 1.807) is 0 Å². The Balaban J connectivity index is 1.24. The number of carbonyl (C=O) groups is 1. The number of hydrogen-bond donors (Lipinski definition) is 1. The molecule has 2 aromatic carbocycles. The average molecular weight is 483 g/mol. The second-order valence-corrected chi connectivity index (χ2v) is 10.4. The number of pyridine rings is 1. The van der Waals surface area contributed by atoms with Crippen molar-refractivity contribution < 1.29 is 4.79 Å². The van der Waals surface area contributed by atoms with E-state index in [2.05, 4.69) is 34.5 Å². The van der Waals surface area contributed by atoms with Crippen LogP contribution in [0.15, 0.2) is 59.5 Å². The minimum absolute atomic E-state index is 0.0116. The van der Waals surface area contributed by atoms with Gasteiger partial charge in [-0.1, -0.05) is 55.3 Å². The highest BCUT2D eigenvalue weighted by Crippen LogP contribution is 2.33. The third kappa shape index (κ3) is 4.03. The number of amides is 1. The molecule has 6 heteroatoms. The second kappa shape index (κ2) is 9.58. The first-order chi connectivity index (χ1) is 17.6. The summed E-state index contributed by atoms with van der Waals surface area (Å²) in [4.78, 5) is 29.6. The highest BCUT2D eigenvalue weighted by atomic mass is 16.2. The van der Waals surface area contributed by atoms with Crippen LogP contribution >= 0.6 is 0 Å². The summed E-state index contributed by atoms with van der Waals surface area (Å²) in [6.07, 6.45) is 8.08. The minimum atomic E-state index is -0.0907. The number of nitrogens with zero attached hydrogens (tertiary/aromatic N) is 3. The predicted octanol–water partition coefficient (Wildman–Crippen LogP) is 4.79. The van der Waals surface area contributed by atoms with E-state index < -0.39 is 0 Å². The van der Waals surface area contributed by atoms with Crippen molar-refractivity contribution in [3.63, 3.8) is 0 Å². The molecule has 2 aliphatic rings. The number of nitrogens with one attached hydrogen (secondary N) is 1. The van der Waals surface area contributed by atoms with E-state index in [1.807, 2.05) is 46.6 Å². The molecule has 36 heavy (non-hydrogen) atoms. The van der Waals surface area contributed by atoms with Gasteiger partial charge in [-0.25, -0.2) is 0 Å². The van der Waals surface area contributed by atoms with Crippen LogP contribution in [0.4, 0.5) is 0 Å². The first-order valence-electron chi connectivity index (χ1n) is 13.3. The molecule has 6 nitrogen and oxygen atoms in total. The maximum absolute atomic E-state index is 13.6. The van der Waals surface area contributed by atoms with E-state index in [1.165, 1.54) is 11.1 Å². The van der Waals surface area contributed by atoms with Crippen molar-refractivity contribution in [2.24, 2.45) is 7.05 Å². The Morgan fingerprint density at radius 3 is 2.61 bits per heavy atom. The summed E-state index contributed by atoms with van der Waals surface area (Å²) >= 11 is 0. The van der Waals surface area contributed by atoms with Gasteiger partial charge in [-0.2, -0.15) is 0 Å². The number of aryl methyl sites for hydroxylation is 1. The van der Waals surface area contributed by atoms with Crippen LogP contribution in [-0.4, -0.2) is 39.6 Å². The van der Waals surface area contributed by atoms with Crippen molar-refractivity contribution in [3.05, 3.63) is 81.8 Å². The number of para-hydroxylation sites is 1. The van der Waals surface area contributed by atoms with Crippen LogP contribution in [0, 0.1) is 0 Å². The first-order valence-corrected chi connectivity index (χ1v) is 13.3. The molecule has 1 amide bonds. The minimum Gasteiger partial charge on any atom is -0.352 e. The molecule has 4 aromatic rings. The third-order valence-corrected chi connectivity index (χ3v) is 8.19. The molecule has 0 spiro atoms. The summed E-state index contributed by atoms with van der Waals surface area (Å²) in [6.45, 7) is 3.62. The Morgan fingerprint density at radius 1 is 1.03 bits per heavy atom. The Bertz CT molecular complexity index is 1490. The van der Waals surface area contributed by atoms with Gasteiger partial charge in [0, 0.05) is 61.8 Å². The van der Waals surface area contributed by atoms with Crippen LogP contribution in [0.25, 0.3) is 21.8 Å². The fourth-order valence-electron chi connectivity index (χ4n) is 6.27. The number of carbonyl (C=O) groups excluding carboxylic acids is 1. The molecule has 0 saturated heterocycles. The van der Waals surface area contributed by atoms with Crippen molar-refractivity contribution in [1.82, 2.24) is 19.4 Å². The lowest BCUT2D eigenvalue weighted by Gasteiger charge is -2.28. The molecular weight excluding hydrogens is 448 g/mol. The third-order valence-electron chi connectivity index (χ3n) is 8.19. The molecule has 0 radical (unpaired) electrons. The zero-order valence-electron chi connectivity index (χ0n) is 21.0. The maximum Gasteiger partial charge on any atom is 0.275 e. The molecule has 0 bridgehead atoms. The highest BCUT2D eigenvalue weighted by molar-refractivity contribution is 6.17. The molecule has 1 aliphatic carbocycles. The summed E-state index contributed by atoms with van der Waals surface area (Å²) in [5, 5.41) is 4.91. The highest BCUT2D eigenvalue weighted by Gasteiger charge is 2.25. The number of hydrogen-bond acceptors (Lipinski definition) is 3. The first kappa shape index (κ1) is 23.0. The van der Waals surface area contributed by atoms with E-state index in [-0.39, 0.29) is 17.5 Å². The standard InChI is InChI=1S/C30H34N4O2/c1-32-26-14-7-6-13-24(26)27-25(20-34(30(36)28(27)32)23-11-4-5-12-23)29(35)31-16-8-17-33-18-15-21-9-2-3-10-22(21)19-33/h2-3,6-7,9-10,13-14,20,23H,4-5,8,11-12,15-19H2,1H3,(H,31,35). The molecule has 1 saturated carbocycles. The molecule has 6 rings (SSSR count). The molecule has 2 aromatic heterocycles. The van der Waals surface area contributed by atoms with Crippen LogP contribution in [0.1, 0.15) is 59.6 Å². The quantitative estimate of drug-likeness (QED) is 0.402. The van der Waals surface area contributed by atoms with Crippen LogP contribution in [0.2, 0.25) is 0 Å². The monoisotopic (exact) mass is 482 g/mol. The van der Waals surface area contributed by atoms with Crippen molar-refractivity contribution in [2.45, 2.75) is 51.1 Å². The van der Waals surface area contributed by atoms with E-state index in [0.29, 0.717) is 17.6 Å². The Morgan fingerprint density at radius 2 is 1.78 bits per heavy atom. The van der Waals surface area contributed by atoms with Crippen molar-refractivity contribution in [2.75, 3.05) is 19.6 Å². The number of rotatable bonds is 6. The normalized spacial score (nSPS) is 16.6. The van der Waals surface area contributed by atoms with Crippen molar-refractivity contribution >= 4 is 27.7 Å². The van der Waals surface area contributed by atoms with Crippen LogP contribution in [0.5, 0.6) is 0 Å². The Kier molecular flexibility index (Phi) is 6.13. The number of aromatic nitrogens is 2. The van der Waals surface area contributed by atoms with Crippen molar-refractivity contribution in [1.29, 1.82) is 0 Å². The smallest absolute Gasteiger partial charge is 0.275 e. The fourth-order valence-corrected chi connectivity index (χ4v) is 6.27. The SMILES string of the molecule is Cn1c2ccccc2c2c(C(=O)NCCCN3CCc4ccccc4C3)cn(C3CCCC3)c(=O)c21. The van der Waals surface area contributed by atoms with Gasteiger partial charge in [-0.05, 0) is 42.9 Å². The molecule has 1 fully saturated rings. The molecule has 186 valence electrons. The fraction of sp³-hybridized carbons (Fsp3) is 0.400. The van der Waals surface area contributed by atoms with E-state index in [9.17, 15) is 9.59 Å². The lowest BCUT2D eigenvalue weighted by molar-refractivity contribution is 0.0952. The summed E-state index contributed by atoms with van der Waals surface area (Å²) < 4.78 is 3.80. The topological polar surface area (TPSA) is 59.3 Å². The average Bonchev–Trinajstić information content (AvgIpc) is 3.54.